The van der Waals surface area contributed by atoms with Crippen LogP contribution in [0.4, 0.5) is 0 Å². The topological polar surface area (TPSA) is 52.9 Å². The summed E-state index contributed by atoms with van der Waals surface area (Å²) in [4.78, 5) is 18.5. The Labute approximate surface area is 142 Å². The standard InChI is InChI=1S/C19H24N2O3/c1-12-9-21(10-13(2)24-12)11-17-18(19(22)23-4)14(3)15-7-5-6-8-16(15)20-17/h5-8,12-13H,9-11H2,1-4H3/p+1/t12-,13+. The van der Waals surface area contributed by atoms with E-state index in [1.165, 1.54) is 12.0 Å². The number of carbonyl (C=O) groups is 1. The second kappa shape index (κ2) is 6.87. The van der Waals surface area contributed by atoms with Crippen LogP contribution in [0.3, 0.4) is 0 Å². The summed E-state index contributed by atoms with van der Waals surface area (Å²) < 4.78 is 10.8. The van der Waals surface area contributed by atoms with Crippen molar-refractivity contribution in [2.75, 3.05) is 20.2 Å². The molecular formula is C19H25N2O3+. The molecule has 1 unspecified atom stereocenters. The zero-order chi connectivity index (χ0) is 17.3. The van der Waals surface area contributed by atoms with Crippen LogP contribution in [0.15, 0.2) is 24.3 Å². The average Bonchev–Trinajstić information content (AvgIpc) is 2.53. The van der Waals surface area contributed by atoms with E-state index in [2.05, 4.69) is 13.8 Å². The molecule has 128 valence electrons. The average molecular weight is 329 g/mol. The number of quaternary nitrogens is 1. The van der Waals surface area contributed by atoms with Gasteiger partial charge in [-0.3, -0.25) is 0 Å². The van der Waals surface area contributed by atoms with Gasteiger partial charge in [0.1, 0.15) is 37.5 Å². The third kappa shape index (κ3) is 3.28. The maximum Gasteiger partial charge on any atom is 0.340 e. The first kappa shape index (κ1) is 16.9. The minimum Gasteiger partial charge on any atom is -0.465 e. The van der Waals surface area contributed by atoms with Crippen LogP contribution in [-0.2, 0) is 16.0 Å². The Kier molecular flexibility index (Phi) is 4.83. The number of benzene rings is 1. The number of para-hydroxylation sites is 1. The van der Waals surface area contributed by atoms with Crippen LogP contribution in [0.5, 0.6) is 0 Å². The first-order valence-electron chi connectivity index (χ1n) is 8.45. The second-order valence-corrected chi connectivity index (χ2v) is 6.66. The number of fused-ring (bicyclic) bond motifs is 1. The van der Waals surface area contributed by atoms with Gasteiger partial charge >= 0.3 is 5.97 Å². The Balaban J connectivity index is 2.03. The van der Waals surface area contributed by atoms with Gasteiger partial charge in [-0.2, -0.15) is 0 Å². The summed E-state index contributed by atoms with van der Waals surface area (Å²) in [6.45, 7) is 8.69. The molecule has 1 aromatic heterocycles. The van der Waals surface area contributed by atoms with Crippen LogP contribution in [0.25, 0.3) is 10.9 Å². The number of aryl methyl sites for hydroxylation is 1. The van der Waals surface area contributed by atoms with Crippen molar-refractivity contribution in [3.05, 3.63) is 41.1 Å². The summed E-state index contributed by atoms with van der Waals surface area (Å²) >= 11 is 0. The van der Waals surface area contributed by atoms with Crippen molar-refractivity contribution < 1.29 is 19.2 Å². The number of hydrogen-bond acceptors (Lipinski definition) is 4. The van der Waals surface area contributed by atoms with Crippen LogP contribution in [0.2, 0.25) is 0 Å². The third-order valence-electron chi connectivity index (χ3n) is 4.65. The highest BCUT2D eigenvalue weighted by atomic mass is 16.5. The van der Waals surface area contributed by atoms with Crippen LogP contribution < -0.4 is 4.90 Å². The summed E-state index contributed by atoms with van der Waals surface area (Å²) in [6, 6.07) is 7.93. The molecule has 1 aliphatic rings. The fourth-order valence-corrected chi connectivity index (χ4v) is 3.71. The number of esters is 1. The molecule has 0 radical (unpaired) electrons. The number of ether oxygens (including phenoxy) is 2. The lowest BCUT2D eigenvalue weighted by molar-refractivity contribution is -0.928. The predicted molar refractivity (Wildman–Crippen MR) is 92.2 cm³/mol. The number of nitrogens with zero attached hydrogens (tertiary/aromatic N) is 1. The molecule has 1 saturated heterocycles. The first-order chi connectivity index (χ1) is 11.5. The molecule has 1 N–H and O–H groups in total. The van der Waals surface area contributed by atoms with E-state index in [1.54, 1.807) is 0 Å². The van der Waals surface area contributed by atoms with Gasteiger partial charge in [0.15, 0.2) is 0 Å². The molecule has 2 heterocycles. The van der Waals surface area contributed by atoms with Crippen molar-refractivity contribution in [2.45, 2.75) is 39.5 Å². The molecule has 1 fully saturated rings. The molecule has 0 amide bonds. The second-order valence-electron chi connectivity index (χ2n) is 6.66. The van der Waals surface area contributed by atoms with Gasteiger partial charge in [0.25, 0.3) is 0 Å². The maximum atomic E-state index is 12.4. The molecule has 5 heteroatoms. The molecule has 3 atom stereocenters. The number of pyridine rings is 1. The van der Waals surface area contributed by atoms with Crippen molar-refractivity contribution >= 4 is 16.9 Å². The van der Waals surface area contributed by atoms with Crippen molar-refractivity contribution in [1.82, 2.24) is 4.98 Å². The van der Waals surface area contributed by atoms with Gasteiger partial charge in [-0.05, 0) is 32.4 Å². The van der Waals surface area contributed by atoms with Gasteiger partial charge in [0.2, 0.25) is 0 Å². The zero-order valence-corrected chi connectivity index (χ0v) is 14.8. The molecule has 0 saturated carbocycles. The number of rotatable bonds is 3. The molecule has 5 nitrogen and oxygen atoms in total. The van der Waals surface area contributed by atoms with E-state index in [4.69, 9.17) is 14.5 Å². The van der Waals surface area contributed by atoms with Gasteiger partial charge in [0, 0.05) is 5.39 Å². The number of aromatic nitrogens is 1. The lowest BCUT2D eigenvalue weighted by Crippen LogP contribution is -3.14. The van der Waals surface area contributed by atoms with Crippen molar-refractivity contribution in [1.29, 1.82) is 0 Å². The van der Waals surface area contributed by atoms with Gasteiger partial charge in [-0.1, -0.05) is 18.2 Å². The van der Waals surface area contributed by atoms with Crippen LogP contribution in [-0.4, -0.2) is 43.4 Å². The largest absolute Gasteiger partial charge is 0.465 e. The third-order valence-corrected chi connectivity index (χ3v) is 4.65. The number of morpholine rings is 1. The quantitative estimate of drug-likeness (QED) is 0.868. The molecule has 3 rings (SSSR count). The van der Waals surface area contributed by atoms with Crippen molar-refractivity contribution in [2.24, 2.45) is 0 Å². The molecule has 1 aromatic carbocycles. The number of nitrogens with one attached hydrogen (secondary N) is 1. The Hall–Kier alpha value is -1.98. The van der Waals surface area contributed by atoms with E-state index in [-0.39, 0.29) is 18.2 Å². The van der Waals surface area contributed by atoms with Crippen molar-refractivity contribution in [3.63, 3.8) is 0 Å². The van der Waals surface area contributed by atoms with Crippen LogP contribution >= 0.6 is 0 Å². The van der Waals surface area contributed by atoms with E-state index in [9.17, 15) is 4.79 Å². The van der Waals surface area contributed by atoms with E-state index < -0.39 is 0 Å². The summed E-state index contributed by atoms with van der Waals surface area (Å²) in [7, 11) is 1.42. The van der Waals surface area contributed by atoms with E-state index in [0.717, 1.165) is 35.2 Å². The van der Waals surface area contributed by atoms with Gasteiger partial charge in [0.05, 0.1) is 18.2 Å². The van der Waals surface area contributed by atoms with Crippen molar-refractivity contribution in [3.8, 4) is 0 Å². The predicted octanol–water partition coefficient (Wildman–Crippen LogP) is 1.52. The number of carbonyl (C=O) groups excluding carboxylic acids is 1. The van der Waals surface area contributed by atoms with Gasteiger partial charge < -0.3 is 14.4 Å². The molecule has 2 aromatic rings. The lowest BCUT2D eigenvalue weighted by Gasteiger charge is -2.32. The summed E-state index contributed by atoms with van der Waals surface area (Å²) in [5.74, 6) is -0.311. The SMILES string of the molecule is COC(=O)c1c(C[NH+]2C[C@@H](C)O[C@@H](C)C2)nc2ccccc2c1C. The van der Waals surface area contributed by atoms with Crippen LogP contribution in [0, 0.1) is 6.92 Å². The fourth-order valence-electron chi connectivity index (χ4n) is 3.71. The molecule has 1 aliphatic heterocycles. The first-order valence-corrected chi connectivity index (χ1v) is 8.45. The van der Waals surface area contributed by atoms with E-state index >= 15 is 0 Å². The number of hydrogen-bond donors (Lipinski definition) is 1. The normalized spacial score (nSPS) is 24.1. The van der Waals surface area contributed by atoms with E-state index in [0.29, 0.717) is 12.1 Å². The highest BCUT2D eigenvalue weighted by molar-refractivity contribution is 5.98. The molecule has 0 bridgehead atoms. The molecule has 24 heavy (non-hydrogen) atoms. The maximum absolute atomic E-state index is 12.4. The summed E-state index contributed by atoms with van der Waals surface area (Å²) in [5, 5.41) is 1.00. The molecule has 0 spiro atoms. The van der Waals surface area contributed by atoms with Crippen LogP contribution in [0.1, 0.15) is 35.5 Å². The highest BCUT2D eigenvalue weighted by Crippen LogP contribution is 2.23. The summed E-state index contributed by atoms with van der Waals surface area (Å²) in [6.07, 6.45) is 0.429. The van der Waals surface area contributed by atoms with Gasteiger partial charge in [-0.15, -0.1) is 0 Å². The Morgan fingerprint density at radius 1 is 1.29 bits per heavy atom. The smallest absolute Gasteiger partial charge is 0.340 e. The number of methoxy groups -OCH3 is 1. The fraction of sp³-hybridized carbons (Fsp3) is 0.474. The zero-order valence-electron chi connectivity index (χ0n) is 14.8. The molecule has 0 aliphatic carbocycles. The Bertz CT molecular complexity index is 750. The highest BCUT2D eigenvalue weighted by Gasteiger charge is 2.28. The lowest BCUT2D eigenvalue weighted by atomic mass is 10.0. The Morgan fingerprint density at radius 2 is 1.96 bits per heavy atom. The summed E-state index contributed by atoms with van der Waals surface area (Å²) in [5.41, 5.74) is 3.28. The van der Waals surface area contributed by atoms with Gasteiger partial charge in [-0.25, -0.2) is 9.78 Å². The minimum atomic E-state index is -0.311. The minimum absolute atomic E-state index is 0.215. The van der Waals surface area contributed by atoms with E-state index in [1.807, 2.05) is 31.2 Å². The monoisotopic (exact) mass is 329 g/mol. The Morgan fingerprint density at radius 3 is 2.62 bits per heavy atom. The molecular weight excluding hydrogens is 304 g/mol.